The maximum Gasteiger partial charge on any atom is 0.269 e. The van der Waals surface area contributed by atoms with Gasteiger partial charge in [0.1, 0.15) is 16.5 Å². The highest BCUT2D eigenvalue weighted by Crippen LogP contribution is 2.27. The number of nitriles is 1. The Hall–Kier alpha value is -3.67. The fourth-order valence-corrected chi connectivity index (χ4v) is 4.08. The van der Waals surface area contributed by atoms with Crippen LogP contribution in [0.1, 0.15) is 5.69 Å². The summed E-state index contributed by atoms with van der Waals surface area (Å²) in [4.78, 5) is 29.9. The standard InChI is InChI=1S/C22H17ClN4O3S/c1-3-10-27-21(29)19(12-14-6-4-5-9-25-14)31-22(27)16(13-24)20(28)26-15-7-8-18(30-2)17(23)11-15/h3-9,11-12H,1,10H2,2H3,(H,26,28)/b19-12-,22-16-. The van der Waals surface area contributed by atoms with Crippen LogP contribution in [0.3, 0.4) is 0 Å². The van der Waals surface area contributed by atoms with E-state index < -0.39 is 5.91 Å². The lowest BCUT2D eigenvalue weighted by Crippen LogP contribution is -2.33. The number of hydrogen-bond acceptors (Lipinski definition) is 6. The fraction of sp³-hybridized carbons (Fsp3) is 0.0909. The Bertz CT molecular complexity index is 1350. The maximum atomic E-state index is 12.9. The molecule has 0 unspecified atom stereocenters. The highest BCUT2D eigenvalue weighted by Gasteiger charge is 2.16. The van der Waals surface area contributed by atoms with Crippen LogP contribution < -0.4 is 24.8 Å². The van der Waals surface area contributed by atoms with Crippen molar-refractivity contribution in [1.29, 1.82) is 5.26 Å². The van der Waals surface area contributed by atoms with Gasteiger partial charge < -0.3 is 10.1 Å². The molecule has 0 bridgehead atoms. The first-order chi connectivity index (χ1) is 15.0. The first kappa shape index (κ1) is 22.0. The third kappa shape index (κ3) is 4.91. The summed E-state index contributed by atoms with van der Waals surface area (Å²) >= 11 is 7.14. The molecule has 1 N–H and O–H groups in total. The number of rotatable bonds is 6. The number of thiazole rings is 1. The second kappa shape index (κ2) is 9.89. The van der Waals surface area contributed by atoms with Crippen LogP contribution in [-0.4, -0.2) is 22.6 Å². The van der Waals surface area contributed by atoms with Crippen LogP contribution in [0.25, 0.3) is 11.6 Å². The molecule has 9 heteroatoms. The Balaban J connectivity index is 2.12. The number of hydrogen-bond donors (Lipinski definition) is 1. The van der Waals surface area contributed by atoms with E-state index in [2.05, 4.69) is 16.9 Å². The Morgan fingerprint density at radius 2 is 2.23 bits per heavy atom. The molecule has 0 aliphatic rings. The first-order valence-corrected chi connectivity index (χ1v) is 10.2. The molecule has 7 nitrogen and oxygen atoms in total. The molecule has 1 amide bonds. The summed E-state index contributed by atoms with van der Waals surface area (Å²) in [6.07, 6.45) is 4.76. The molecule has 2 aromatic heterocycles. The lowest BCUT2D eigenvalue weighted by Gasteiger charge is -2.07. The van der Waals surface area contributed by atoms with Crippen LogP contribution in [0.4, 0.5) is 5.69 Å². The number of allylic oxidation sites excluding steroid dienone is 1. The molecular formula is C22H17ClN4O3S. The van der Waals surface area contributed by atoms with E-state index in [1.165, 1.54) is 23.8 Å². The molecule has 0 aliphatic heterocycles. The SMILES string of the molecule is C=CCn1c(=O)/c(=C/c2ccccn2)s/c1=C(/C#N)C(=O)Nc1ccc(OC)c(Cl)c1. The zero-order chi connectivity index (χ0) is 22.4. The number of ether oxygens (including phenoxy) is 1. The van der Waals surface area contributed by atoms with Gasteiger partial charge in [-0.15, -0.1) is 17.9 Å². The first-order valence-electron chi connectivity index (χ1n) is 9.01. The van der Waals surface area contributed by atoms with Crippen molar-refractivity contribution >= 4 is 46.2 Å². The number of carbonyl (C=O) groups is 1. The summed E-state index contributed by atoms with van der Waals surface area (Å²) in [6, 6.07) is 12.0. The third-order valence-corrected chi connectivity index (χ3v) is 5.57. The molecule has 0 spiro atoms. The number of nitrogens with one attached hydrogen (secondary N) is 1. The van der Waals surface area contributed by atoms with E-state index in [4.69, 9.17) is 16.3 Å². The summed E-state index contributed by atoms with van der Waals surface area (Å²) in [6.45, 7) is 3.80. The second-order valence-electron chi connectivity index (χ2n) is 6.17. The van der Waals surface area contributed by atoms with Gasteiger partial charge in [-0.2, -0.15) is 5.26 Å². The molecule has 31 heavy (non-hydrogen) atoms. The van der Waals surface area contributed by atoms with Gasteiger partial charge in [0.05, 0.1) is 22.4 Å². The number of halogens is 1. The summed E-state index contributed by atoms with van der Waals surface area (Å²) < 4.78 is 7.01. The number of amides is 1. The molecule has 0 saturated heterocycles. The molecule has 2 heterocycles. The Labute approximate surface area is 186 Å². The zero-order valence-corrected chi connectivity index (χ0v) is 18.0. The van der Waals surface area contributed by atoms with Crippen LogP contribution >= 0.6 is 22.9 Å². The predicted molar refractivity (Wildman–Crippen MR) is 121 cm³/mol. The molecule has 3 aromatic rings. The average Bonchev–Trinajstić information content (AvgIpc) is 3.05. The summed E-state index contributed by atoms with van der Waals surface area (Å²) in [5.41, 5.74) is 0.446. The quantitative estimate of drug-likeness (QED) is 0.579. The fourth-order valence-electron chi connectivity index (χ4n) is 2.73. The smallest absolute Gasteiger partial charge is 0.269 e. The van der Waals surface area contributed by atoms with Gasteiger partial charge in [-0.25, -0.2) is 0 Å². The van der Waals surface area contributed by atoms with Gasteiger partial charge in [-0.3, -0.25) is 19.1 Å². The average molecular weight is 453 g/mol. The second-order valence-corrected chi connectivity index (χ2v) is 7.60. The topological polar surface area (TPSA) is 97.0 Å². The van der Waals surface area contributed by atoms with E-state index in [0.29, 0.717) is 26.7 Å². The largest absolute Gasteiger partial charge is 0.495 e. The van der Waals surface area contributed by atoms with Gasteiger partial charge in [0.15, 0.2) is 5.57 Å². The molecule has 0 fully saturated rings. The third-order valence-electron chi connectivity index (χ3n) is 4.15. The van der Waals surface area contributed by atoms with Crippen molar-refractivity contribution in [3.63, 3.8) is 0 Å². The van der Waals surface area contributed by atoms with Gasteiger partial charge in [0, 0.05) is 18.4 Å². The van der Waals surface area contributed by atoms with E-state index in [9.17, 15) is 14.9 Å². The Kier molecular flexibility index (Phi) is 7.03. The number of pyridine rings is 1. The van der Waals surface area contributed by atoms with Crippen molar-refractivity contribution in [3.8, 4) is 11.8 Å². The molecule has 0 atom stereocenters. The van der Waals surface area contributed by atoms with Crippen molar-refractivity contribution in [3.05, 3.63) is 85.5 Å². The van der Waals surface area contributed by atoms with Gasteiger partial charge in [0.25, 0.3) is 11.5 Å². The van der Waals surface area contributed by atoms with E-state index in [0.717, 1.165) is 11.3 Å². The highest BCUT2D eigenvalue weighted by atomic mass is 35.5. The van der Waals surface area contributed by atoms with E-state index >= 15 is 0 Å². The van der Waals surface area contributed by atoms with Crippen LogP contribution in [0.15, 0.2) is 60.0 Å². The molecule has 1 aromatic carbocycles. The van der Waals surface area contributed by atoms with Crippen molar-refractivity contribution in [2.24, 2.45) is 0 Å². The summed E-state index contributed by atoms with van der Waals surface area (Å²) in [5, 5.41) is 12.6. The van der Waals surface area contributed by atoms with Gasteiger partial charge in [0.2, 0.25) is 0 Å². The molecular weight excluding hydrogens is 436 g/mol. The van der Waals surface area contributed by atoms with Crippen molar-refractivity contribution in [1.82, 2.24) is 9.55 Å². The number of carbonyl (C=O) groups excluding carboxylic acids is 1. The van der Waals surface area contributed by atoms with Gasteiger partial charge in [-0.05, 0) is 36.4 Å². The minimum atomic E-state index is -0.660. The van der Waals surface area contributed by atoms with Crippen molar-refractivity contribution in [2.75, 3.05) is 12.4 Å². The Morgan fingerprint density at radius 1 is 1.42 bits per heavy atom. The minimum absolute atomic E-state index is 0.146. The highest BCUT2D eigenvalue weighted by molar-refractivity contribution is 7.07. The van der Waals surface area contributed by atoms with Gasteiger partial charge in [-0.1, -0.05) is 23.7 Å². The molecule has 0 aliphatic carbocycles. The lowest BCUT2D eigenvalue weighted by molar-refractivity contribution is -0.111. The predicted octanol–water partition coefficient (Wildman–Crippen LogP) is 2.29. The molecule has 0 radical (unpaired) electrons. The van der Waals surface area contributed by atoms with Crippen LogP contribution in [0, 0.1) is 11.3 Å². The lowest BCUT2D eigenvalue weighted by atomic mass is 10.2. The molecule has 0 saturated carbocycles. The minimum Gasteiger partial charge on any atom is -0.495 e. The number of anilines is 1. The summed E-state index contributed by atoms with van der Waals surface area (Å²) in [7, 11) is 1.48. The molecule has 3 rings (SSSR count). The van der Waals surface area contributed by atoms with Crippen LogP contribution in [0.5, 0.6) is 5.75 Å². The van der Waals surface area contributed by atoms with Crippen molar-refractivity contribution in [2.45, 2.75) is 6.54 Å². The number of nitrogens with zero attached hydrogens (tertiary/aromatic N) is 3. The zero-order valence-electron chi connectivity index (χ0n) is 16.5. The number of methoxy groups -OCH3 is 1. The van der Waals surface area contributed by atoms with E-state index in [1.807, 2.05) is 6.07 Å². The van der Waals surface area contributed by atoms with E-state index in [-0.39, 0.29) is 22.3 Å². The monoisotopic (exact) mass is 452 g/mol. The molecule has 156 valence electrons. The van der Waals surface area contributed by atoms with Crippen LogP contribution in [0.2, 0.25) is 5.02 Å². The number of aromatic nitrogens is 2. The maximum absolute atomic E-state index is 12.9. The van der Waals surface area contributed by atoms with Crippen LogP contribution in [-0.2, 0) is 11.3 Å². The normalized spacial score (nSPS) is 12.1. The van der Waals surface area contributed by atoms with Crippen molar-refractivity contribution < 1.29 is 9.53 Å². The summed E-state index contributed by atoms with van der Waals surface area (Å²) in [5.74, 6) is -0.205. The van der Waals surface area contributed by atoms with E-state index in [1.54, 1.807) is 42.6 Å². The Morgan fingerprint density at radius 3 is 2.84 bits per heavy atom. The van der Waals surface area contributed by atoms with Gasteiger partial charge >= 0.3 is 0 Å². The number of benzene rings is 1.